The van der Waals surface area contributed by atoms with Crippen LogP contribution < -0.4 is 4.90 Å². The first kappa shape index (κ1) is 20.5. The first-order chi connectivity index (χ1) is 15.0. The van der Waals surface area contributed by atoms with E-state index in [-0.39, 0.29) is 5.91 Å². The molecule has 0 spiro atoms. The Morgan fingerprint density at radius 3 is 2.39 bits per heavy atom. The number of anilines is 2. The molecule has 0 aliphatic rings. The number of para-hydroxylation sites is 1. The van der Waals surface area contributed by atoms with Gasteiger partial charge < -0.3 is 4.52 Å². The molecule has 2 heterocycles. The van der Waals surface area contributed by atoms with Gasteiger partial charge in [0.05, 0.1) is 11.3 Å². The topological polar surface area (TPSA) is 59.2 Å². The lowest BCUT2D eigenvalue weighted by atomic mass is 9.97. The smallest absolute Gasteiger partial charge is 0.247 e. The quantitative estimate of drug-likeness (QED) is 0.381. The van der Waals surface area contributed by atoms with Crippen molar-refractivity contribution >= 4 is 17.5 Å². The van der Waals surface area contributed by atoms with Crippen LogP contribution in [0.5, 0.6) is 0 Å². The van der Waals surface area contributed by atoms with Crippen molar-refractivity contribution in [2.75, 3.05) is 4.90 Å². The summed E-state index contributed by atoms with van der Waals surface area (Å²) < 4.78 is 5.92. The molecule has 0 N–H and O–H groups in total. The molecule has 1 amide bonds. The van der Waals surface area contributed by atoms with Gasteiger partial charge in [-0.3, -0.25) is 9.78 Å². The Balaban J connectivity index is 2.01. The molecule has 0 bridgehead atoms. The van der Waals surface area contributed by atoms with Crippen molar-refractivity contribution in [2.45, 2.75) is 34.1 Å². The molecule has 0 aliphatic carbocycles. The van der Waals surface area contributed by atoms with E-state index < -0.39 is 0 Å². The minimum atomic E-state index is -0.0621. The highest BCUT2D eigenvalue weighted by atomic mass is 16.5. The maximum Gasteiger partial charge on any atom is 0.247 e. The van der Waals surface area contributed by atoms with Crippen LogP contribution in [0.2, 0.25) is 0 Å². The van der Waals surface area contributed by atoms with Gasteiger partial charge in [-0.1, -0.05) is 54.0 Å². The molecule has 5 heteroatoms. The van der Waals surface area contributed by atoms with Crippen LogP contribution >= 0.6 is 0 Å². The molecule has 0 saturated carbocycles. The first-order valence-corrected chi connectivity index (χ1v) is 10.4. The monoisotopic (exact) mass is 411 g/mol. The molecule has 0 saturated heterocycles. The first-order valence-electron chi connectivity index (χ1n) is 10.4. The summed E-state index contributed by atoms with van der Waals surface area (Å²) in [6.07, 6.45) is 3.80. The lowest BCUT2D eigenvalue weighted by Gasteiger charge is -2.22. The van der Waals surface area contributed by atoms with E-state index in [2.05, 4.69) is 42.2 Å². The van der Waals surface area contributed by atoms with Gasteiger partial charge in [-0.15, -0.1) is 0 Å². The number of nitrogens with zero attached hydrogens (tertiary/aromatic N) is 3. The van der Waals surface area contributed by atoms with Crippen molar-refractivity contribution in [3.63, 3.8) is 0 Å². The van der Waals surface area contributed by atoms with E-state index in [0.717, 1.165) is 33.5 Å². The fourth-order valence-electron chi connectivity index (χ4n) is 3.81. The van der Waals surface area contributed by atoms with Crippen LogP contribution in [0.1, 0.15) is 30.0 Å². The molecule has 5 nitrogen and oxygen atoms in total. The Bertz CT molecular complexity index is 1230. The number of rotatable bonds is 5. The van der Waals surface area contributed by atoms with Gasteiger partial charge in [-0.2, -0.15) is 0 Å². The highest BCUT2D eigenvalue weighted by Crippen LogP contribution is 2.43. The van der Waals surface area contributed by atoms with Crippen LogP contribution in [0.3, 0.4) is 0 Å². The van der Waals surface area contributed by atoms with Gasteiger partial charge in [0.15, 0.2) is 0 Å². The summed E-state index contributed by atoms with van der Waals surface area (Å²) in [6, 6.07) is 17.9. The number of aromatic nitrogens is 2. The third-order valence-electron chi connectivity index (χ3n) is 5.39. The lowest BCUT2D eigenvalue weighted by molar-refractivity contribution is -0.117. The fourth-order valence-corrected chi connectivity index (χ4v) is 3.81. The zero-order valence-electron chi connectivity index (χ0n) is 18.2. The molecule has 2 aromatic heterocycles. The number of amides is 1. The van der Waals surface area contributed by atoms with Crippen molar-refractivity contribution < 1.29 is 9.32 Å². The minimum absolute atomic E-state index is 0.0621. The molecule has 0 radical (unpaired) electrons. The molecule has 0 fully saturated rings. The number of carbonyl (C=O) groups is 1. The highest BCUT2D eigenvalue weighted by Gasteiger charge is 2.29. The van der Waals surface area contributed by atoms with Crippen LogP contribution in [-0.4, -0.2) is 16.0 Å². The molecule has 4 rings (SSSR count). The van der Waals surface area contributed by atoms with Crippen LogP contribution in [0.25, 0.3) is 22.4 Å². The summed E-state index contributed by atoms with van der Waals surface area (Å²) in [5, 5.41) is 4.46. The van der Waals surface area contributed by atoms with Crippen molar-refractivity contribution in [3.05, 3.63) is 83.7 Å². The third kappa shape index (κ3) is 3.87. The van der Waals surface area contributed by atoms with Gasteiger partial charge in [-0.25, -0.2) is 4.90 Å². The summed E-state index contributed by atoms with van der Waals surface area (Å²) >= 11 is 0. The van der Waals surface area contributed by atoms with E-state index in [4.69, 9.17) is 4.52 Å². The van der Waals surface area contributed by atoms with Crippen LogP contribution in [0, 0.1) is 20.8 Å². The predicted molar refractivity (Wildman–Crippen MR) is 123 cm³/mol. The standard InChI is InChI=1S/C26H25N3O2/c1-5-23(30)29(22-9-7-6-8-18(22)3)26-24(20-12-14-27-15-13-20)25(28-31-26)21-11-10-17(2)16-19(21)4/h6-16H,5H2,1-4H3. The second kappa shape index (κ2) is 8.56. The second-order valence-electron chi connectivity index (χ2n) is 7.63. The molecule has 0 unspecified atom stereocenters. The zero-order chi connectivity index (χ0) is 22.0. The summed E-state index contributed by atoms with van der Waals surface area (Å²) in [7, 11) is 0. The van der Waals surface area contributed by atoms with Crippen molar-refractivity contribution in [3.8, 4) is 22.4 Å². The zero-order valence-corrected chi connectivity index (χ0v) is 18.2. The summed E-state index contributed by atoms with van der Waals surface area (Å²) in [6.45, 7) is 7.96. The van der Waals surface area contributed by atoms with Gasteiger partial charge in [0.1, 0.15) is 5.69 Å². The van der Waals surface area contributed by atoms with Crippen molar-refractivity contribution in [1.82, 2.24) is 10.1 Å². The Kier molecular flexibility index (Phi) is 5.67. The number of hydrogen-bond donors (Lipinski definition) is 0. The van der Waals surface area contributed by atoms with Crippen LogP contribution in [-0.2, 0) is 4.79 Å². The molecule has 0 atom stereocenters. The summed E-state index contributed by atoms with van der Waals surface area (Å²) in [5.74, 6) is 0.357. The minimum Gasteiger partial charge on any atom is -0.337 e. The maximum atomic E-state index is 13.1. The predicted octanol–water partition coefficient (Wildman–Crippen LogP) is 6.40. The average Bonchev–Trinajstić information content (AvgIpc) is 3.20. The fraction of sp³-hybridized carbons (Fsp3) is 0.192. The molecule has 0 aliphatic heterocycles. The molecule has 4 aromatic rings. The lowest BCUT2D eigenvalue weighted by Crippen LogP contribution is -2.25. The Hall–Kier alpha value is -3.73. The van der Waals surface area contributed by atoms with Gasteiger partial charge in [-0.05, 0) is 55.7 Å². The molecule has 156 valence electrons. The SMILES string of the molecule is CCC(=O)N(c1ccccc1C)c1onc(-c2ccc(C)cc2C)c1-c1ccncc1. The number of aryl methyl sites for hydroxylation is 3. The third-order valence-corrected chi connectivity index (χ3v) is 5.39. The van der Waals surface area contributed by atoms with Crippen molar-refractivity contribution in [1.29, 1.82) is 0 Å². The maximum absolute atomic E-state index is 13.1. The average molecular weight is 412 g/mol. The number of carbonyl (C=O) groups excluding carboxylic acids is 1. The van der Waals surface area contributed by atoms with Gasteiger partial charge in [0, 0.05) is 24.4 Å². The molecular weight excluding hydrogens is 386 g/mol. The second-order valence-corrected chi connectivity index (χ2v) is 7.63. The normalized spacial score (nSPS) is 10.8. The van der Waals surface area contributed by atoms with Gasteiger partial charge >= 0.3 is 0 Å². The molecule has 31 heavy (non-hydrogen) atoms. The molecular formula is C26H25N3O2. The van der Waals surface area contributed by atoms with E-state index in [0.29, 0.717) is 18.0 Å². The number of pyridine rings is 1. The van der Waals surface area contributed by atoms with E-state index >= 15 is 0 Å². The Labute approximate surface area is 182 Å². The number of benzene rings is 2. The van der Waals surface area contributed by atoms with Gasteiger partial charge in [0.25, 0.3) is 0 Å². The largest absolute Gasteiger partial charge is 0.337 e. The van der Waals surface area contributed by atoms with E-state index in [1.54, 1.807) is 17.3 Å². The Morgan fingerprint density at radius 2 is 1.71 bits per heavy atom. The Morgan fingerprint density at radius 1 is 0.968 bits per heavy atom. The molecule has 2 aromatic carbocycles. The van der Waals surface area contributed by atoms with Gasteiger partial charge in [0.2, 0.25) is 11.8 Å². The summed E-state index contributed by atoms with van der Waals surface area (Å²) in [5.41, 5.74) is 7.39. The summed E-state index contributed by atoms with van der Waals surface area (Å²) in [4.78, 5) is 18.9. The van der Waals surface area contributed by atoms with E-state index in [1.807, 2.05) is 50.2 Å². The van der Waals surface area contributed by atoms with E-state index in [1.165, 1.54) is 5.56 Å². The van der Waals surface area contributed by atoms with Crippen molar-refractivity contribution in [2.24, 2.45) is 0 Å². The van der Waals surface area contributed by atoms with Crippen LogP contribution in [0.15, 0.2) is 71.5 Å². The van der Waals surface area contributed by atoms with Crippen LogP contribution in [0.4, 0.5) is 11.6 Å². The highest BCUT2D eigenvalue weighted by molar-refractivity contribution is 6.04. The van der Waals surface area contributed by atoms with E-state index in [9.17, 15) is 4.79 Å². The number of hydrogen-bond acceptors (Lipinski definition) is 4.